The Morgan fingerprint density at radius 3 is 2.72 bits per heavy atom. The molecule has 2 rings (SSSR count). The van der Waals surface area contributed by atoms with E-state index in [1.807, 2.05) is 0 Å². The Balaban J connectivity index is 2.40. The summed E-state index contributed by atoms with van der Waals surface area (Å²) in [5.41, 5.74) is 5.46. The normalized spacial score (nSPS) is 11.4. The third-order valence-corrected chi connectivity index (χ3v) is 6.81. The lowest BCUT2D eigenvalue weighted by Gasteiger charge is -2.05. The monoisotopic (exact) mass is 402 g/mol. The first-order valence-corrected chi connectivity index (χ1v) is 9.90. The first-order valence-electron chi connectivity index (χ1n) is 6.78. The van der Waals surface area contributed by atoms with Crippen molar-refractivity contribution in [2.75, 3.05) is 7.05 Å². The lowest BCUT2D eigenvalue weighted by Crippen LogP contribution is -2.18. The summed E-state index contributed by atoms with van der Waals surface area (Å²) >= 11 is 2.25. The van der Waals surface area contributed by atoms with Crippen molar-refractivity contribution in [2.45, 2.75) is 27.5 Å². The SMILES string of the molecule is CNS(=O)(=O)c1ccc(Sc2nc(C)c(CC(N)=O)s2)c([N+](=O)[O-])c1. The van der Waals surface area contributed by atoms with Gasteiger partial charge in [0.2, 0.25) is 15.9 Å². The Morgan fingerprint density at radius 1 is 1.48 bits per heavy atom. The zero-order valence-corrected chi connectivity index (χ0v) is 15.6. The van der Waals surface area contributed by atoms with Crippen molar-refractivity contribution in [1.29, 1.82) is 0 Å². The van der Waals surface area contributed by atoms with Gasteiger partial charge in [-0.3, -0.25) is 14.9 Å². The van der Waals surface area contributed by atoms with Crippen LogP contribution >= 0.6 is 23.1 Å². The van der Waals surface area contributed by atoms with Gasteiger partial charge in [0.1, 0.15) is 0 Å². The second-order valence-electron chi connectivity index (χ2n) is 4.83. The van der Waals surface area contributed by atoms with Gasteiger partial charge in [-0.1, -0.05) is 11.8 Å². The van der Waals surface area contributed by atoms with E-state index < -0.39 is 20.9 Å². The first kappa shape index (κ1) is 19.3. The number of aryl methyl sites for hydroxylation is 1. The fourth-order valence-electron chi connectivity index (χ4n) is 1.87. The first-order chi connectivity index (χ1) is 11.6. The van der Waals surface area contributed by atoms with E-state index in [9.17, 15) is 23.3 Å². The van der Waals surface area contributed by atoms with E-state index in [0.717, 1.165) is 17.8 Å². The zero-order valence-electron chi connectivity index (χ0n) is 13.2. The van der Waals surface area contributed by atoms with Crippen LogP contribution in [0.25, 0.3) is 0 Å². The number of thiazole rings is 1. The standard InChI is InChI=1S/C13H14N4O5S3/c1-7-11(6-12(14)18)24-13(16-7)23-10-4-3-8(25(21,22)15-2)5-9(10)17(19)20/h3-5,15H,6H2,1-2H3,(H2,14,18). The molecule has 3 N–H and O–H groups in total. The lowest BCUT2D eigenvalue weighted by atomic mass is 10.3. The second kappa shape index (κ2) is 7.47. The summed E-state index contributed by atoms with van der Waals surface area (Å²) in [5.74, 6) is -0.490. The van der Waals surface area contributed by atoms with E-state index in [0.29, 0.717) is 14.9 Å². The number of benzene rings is 1. The molecule has 0 saturated heterocycles. The van der Waals surface area contributed by atoms with Crippen LogP contribution < -0.4 is 10.5 Å². The van der Waals surface area contributed by atoms with Gasteiger partial charge < -0.3 is 5.73 Å². The average molecular weight is 402 g/mol. The van der Waals surface area contributed by atoms with Crippen molar-refractivity contribution < 1.29 is 18.1 Å². The van der Waals surface area contributed by atoms with Crippen LogP contribution in [0.15, 0.2) is 32.3 Å². The van der Waals surface area contributed by atoms with Crippen molar-refractivity contribution in [3.05, 3.63) is 38.9 Å². The van der Waals surface area contributed by atoms with Crippen LogP contribution in [0.3, 0.4) is 0 Å². The number of nitro benzene ring substituents is 1. The molecule has 12 heteroatoms. The highest BCUT2D eigenvalue weighted by molar-refractivity contribution is 8.01. The maximum Gasteiger partial charge on any atom is 0.284 e. The van der Waals surface area contributed by atoms with Gasteiger partial charge in [-0.2, -0.15) is 0 Å². The van der Waals surface area contributed by atoms with Gasteiger partial charge in [-0.05, 0) is 26.1 Å². The minimum absolute atomic E-state index is 0.0471. The van der Waals surface area contributed by atoms with Crippen molar-refractivity contribution >= 4 is 44.7 Å². The number of carbonyl (C=O) groups is 1. The molecule has 0 atom stereocenters. The number of nitrogens with one attached hydrogen (secondary N) is 1. The molecule has 1 aromatic heterocycles. The highest BCUT2D eigenvalue weighted by atomic mass is 32.2. The number of hydrogen-bond acceptors (Lipinski definition) is 8. The van der Waals surface area contributed by atoms with Crippen LogP contribution in [0, 0.1) is 17.0 Å². The third-order valence-electron chi connectivity index (χ3n) is 3.11. The van der Waals surface area contributed by atoms with E-state index in [1.165, 1.54) is 30.5 Å². The topological polar surface area (TPSA) is 145 Å². The molecular formula is C13H14N4O5S3. The van der Waals surface area contributed by atoms with Crippen molar-refractivity contribution in [1.82, 2.24) is 9.71 Å². The molecule has 0 radical (unpaired) electrons. The molecule has 1 heterocycles. The van der Waals surface area contributed by atoms with E-state index in [4.69, 9.17) is 5.73 Å². The molecule has 1 amide bonds. The summed E-state index contributed by atoms with van der Waals surface area (Å²) in [7, 11) is -2.56. The number of carbonyl (C=O) groups excluding carboxylic acids is 1. The van der Waals surface area contributed by atoms with Gasteiger partial charge in [0.15, 0.2) is 4.34 Å². The molecule has 0 aliphatic carbocycles. The molecule has 0 spiro atoms. The van der Waals surface area contributed by atoms with Gasteiger partial charge in [-0.15, -0.1) is 11.3 Å². The van der Waals surface area contributed by atoms with Gasteiger partial charge in [0.05, 0.1) is 26.8 Å². The Bertz CT molecular complexity index is 939. The minimum atomic E-state index is -3.79. The van der Waals surface area contributed by atoms with Crippen LogP contribution in [0.4, 0.5) is 5.69 Å². The van der Waals surface area contributed by atoms with Gasteiger partial charge in [0.25, 0.3) is 5.69 Å². The Kier molecular flexibility index (Phi) is 5.77. The molecular weight excluding hydrogens is 388 g/mol. The molecule has 0 unspecified atom stereocenters. The quantitative estimate of drug-likeness (QED) is 0.526. The highest BCUT2D eigenvalue weighted by Gasteiger charge is 2.22. The molecule has 1 aromatic carbocycles. The number of nitrogens with zero attached hydrogens (tertiary/aromatic N) is 2. The molecule has 0 aliphatic heterocycles. The van der Waals surface area contributed by atoms with Gasteiger partial charge in [-0.25, -0.2) is 18.1 Å². The predicted molar refractivity (Wildman–Crippen MR) is 93.2 cm³/mol. The molecule has 0 saturated carbocycles. The van der Waals surface area contributed by atoms with Crippen molar-refractivity contribution in [3.8, 4) is 0 Å². The third kappa shape index (κ3) is 4.54. The maximum atomic E-state index is 11.8. The number of amides is 1. The molecule has 134 valence electrons. The summed E-state index contributed by atoms with van der Waals surface area (Å²) in [5, 5.41) is 11.3. The molecule has 0 aliphatic rings. The maximum absolute atomic E-state index is 11.8. The lowest BCUT2D eigenvalue weighted by molar-refractivity contribution is -0.388. The largest absolute Gasteiger partial charge is 0.369 e. The number of aromatic nitrogens is 1. The fourth-order valence-corrected chi connectivity index (χ4v) is 4.91. The van der Waals surface area contributed by atoms with Crippen LogP contribution in [0.5, 0.6) is 0 Å². The summed E-state index contributed by atoms with van der Waals surface area (Å²) in [6.07, 6.45) is 0.0471. The highest BCUT2D eigenvalue weighted by Crippen LogP contribution is 2.38. The summed E-state index contributed by atoms with van der Waals surface area (Å²) < 4.78 is 26.2. The molecule has 2 aromatic rings. The second-order valence-corrected chi connectivity index (χ2v) is 9.09. The van der Waals surface area contributed by atoms with Gasteiger partial charge in [0, 0.05) is 10.9 Å². The Morgan fingerprint density at radius 2 is 2.16 bits per heavy atom. The Labute approximate surface area is 151 Å². The van der Waals surface area contributed by atoms with Crippen molar-refractivity contribution in [2.24, 2.45) is 5.73 Å². The average Bonchev–Trinajstić information content (AvgIpc) is 2.86. The molecule has 25 heavy (non-hydrogen) atoms. The smallest absolute Gasteiger partial charge is 0.284 e. The summed E-state index contributed by atoms with van der Waals surface area (Å²) in [6, 6.07) is 3.64. The molecule has 9 nitrogen and oxygen atoms in total. The van der Waals surface area contributed by atoms with E-state index in [2.05, 4.69) is 9.71 Å². The number of sulfonamides is 1. The minimum Gasteiger partial charge on any atom is -0.369 e. The molecule has 0 bridgehead atoms. The number of nitrogens with two attached hydrogens (primary N) is 1. The molecule has 0 fully saturated rings. The van der Waals surface area contributed by atoms with Gasteiger partial charge >= 0.3 is 0 Å². The van der Waals surface area contributed by atoms with Crippen molar-refractivity contribution in [3.63, 3.8) is 0 Å². The zero-order chi connectivity index (χ0) is 18.8. The van der Waals surface area contributed by atoms with E-state index in [-0.39, 0.29) is 21.9 Å². The fraction of sp³-hybridized carbons (Fsp3) is 0.231. The van der Waals surface area contributed by atoms with E-state index >= 15 is 0 Å². The number of rotatable bonds is 7. The summed E-state index contributed by atoms with van der Waals surface area (Å²) in [4.78, 5) is 26.7. The number of nitro groups is 1. The predicted octanol–water partition coefficient (Wildman–Crippen LogP) is 1.45. The van der Waals surface area contributed by atoms with E-state index in [1.54, 1.807) is 6.92 Å². The van der Waals surface area contributed by atoms with Crippen LogP contribution in [0.1, 0.15) is 10.6 Å². The van der Waals surface area contributed by atoms with Crippen LogP contribution in [0.2, 0.25) is 0 Å². The summed E-state index contributed by atoms with van der Waals surface area (Å²) in [6.45, 7) is 1.72. The van der Waals surface area contributed by atoms with Crippen LogP contribution in [-0.2, 0) is 21.2 Å². The van der Waals surface area contributed by atoms with Crippen LogP contribution in [-0.4, -0.2) is 31.3 Å². The number of hydrogen-bond donors (Lipinski definition) is 2. The number of primary amides is 1. The Hall–Kier alpha value is -2.02.